The Labute approximate surface area is 83.9 Å². The summed E-state index contributed by atoms with van der Waals surface area (Å²) >= 11 is 0. The molecule has 0 radical (unpaired) electrons. The largest absolute Gasteiger partial charge is 0.366 e. The number of hydrogen-bond donors (Lipinski definition) is 1. The third kappa shape index (κ3) is 1.47. The maximum atomic E-state index is 4.05. The highest BCUT2D eigenvalue weighted by atomic mass is 15.2. The van der Waals surface area contributed by atoms with Crippen LogP contribution in [0.1, 0.15) is 25.7 Å². The molecule has 1 aromatic heterocycles. The molecule has 1 heterocycles. The Kier molecular flexibility index (Phi) is 1.89. The lowest BCUT2D eigenvalue weighted by atomic mass is 9.76. The minimum Gasteiger partial charge on any atom is -0.366 e. The van der Waals surface area contributed by atoms with Crippen molar-refractivity contribution in [3.05, 3.63) is 18.3 Å². The molecular formula is C11H15N3. The standard InChI is InChI=1S/C11H15N3/c1-2-11(14-12-7-1)13-10-6-5-9(10)8-3-4-8/h1-2,7-10H,3-6H2,(H,13,14). The summed E-state index contributed by atoms with van der Waals surface area (Å²) in [6.07, 6.45) is 7.32. The monoisotopic (exact) mass is 189 g/mol. The van der Waals surface area contributed by atoms with Crippen LogP contribution >= 0.6 is 0 Å². The van der Waals surface area contributed by atoms with Crippen molar-refractivity contribution < 1.29 is 0 Å². The van der Waals surface area contributed by atoms with Crippen LogP contribution in [-0.4, -0.2) is 16.2 Å². The second-order valence-electron chi connectivity index (χ2n) is 4.44. The quantitative estimate of drug-likeness (QED) is 0.791. The maximum absolute atomic E-state index is 4.05. The fraction of sp³-hybridized carbons (Fsp3) is 0.636. The topological polar surface area (TPSA) is 37.8 Å². The fourth-order valence-corrected chi connectivity index (χ4v) is 2.36. The summed E-state index contributed by atoms with van der Waals surface area (Å²) in [4.78, 5) is 0. The van der Waals surface area contributed by atoms with Gasteiger partial charge in [-0.3, -0.25) is 0 Å². The molecule has 2 aliphatic carbocycles. The Morgan fingerprint density at radius 2 is 2.14 bits per heavy atom. The molecule has 3 rings (SSSR count). The smallest absolute Gasteiger partial charge is 0.148 e. The average molecular weight is 189 g/mol. The van der Waals surface area contributed by atoms with E-state index in [0.29, 0.717) is 6.04 Å². The van der Waals surface area contributed by atoms with E-state index in [1.54, 1.807) is 6.20 Å². The Bertz CT molecular complexity index is 308. The summed E-state index contributed by atoms with van der Waals surface area (Å²) in [6.45, 7) is 0. The molecule has 2 atom stereocenters. The van der Waals surface area contributed by atoms with E-state index in [2.05, 4.69) is 15.5 Å². The molecule has 1 N–H and O–H groups in total. The number of anilines is 1. The van der Waals surface area contributed by atoms with Crippen molar-refractivity contribution in [2.24, 2.45) is 11.8 Å². The number of aromatic nitrogens is 2. The van der Waals surface area contributed by atoms with Gasteiger partial charge in [-0.15, -0.1) is 5.10 Å². The van der Waals surface area contributed by atoms with Crippen LogP contribution in [0.4, 0.5) is 5.82 Å². The lowest BCUT2D eigenvalue weighted by molar-refractivity contribution is 0.242. The number of hydrogen-bond acceptors (Lipinski definition) is 3. The van der Waals surface area contributed by atoms with Gasteiger partial charge in [0.15, 0.2) is 0 Å². The zero-order chi connectivity index (χ0) is 9.38. The first-order chi connectivity index (χ1) is 6.93. The highest BCUT2D eigenvalue weighted by Crippen LogP contribution is 2.47. The molecule has 0 bridgehead atoms. The highest BCUT2D eigenvalue weighted by molar-refractivity contribution is 5.34. The van der Waals surface area contributed by atoms with Crippen molar-refractivity contribution in [1.82, 2.24) is 10.2 Å². The van der Waals surface area contributed by atoms with Crippen molar-refractivity contribution in [3.8, 4) is 0 Å². The Morgan fingerprint density at radius 3 is 2.71 bits per heavy atom. The second kappa shape index (κ2) is 3.23. The van der Waals surface area contributed by atoms with E-state index < -0.39 is 0 Å². The van der Waals surface area contributed by atoms with Gasteiger partial charge >= 0.3 is 0 Å². The molecular weight excluding hydrogens is 174 g/mol. The van der Waals surface area contributed by atoms with Gasteiger partial charge in [-0.2, -0.15) is 5.10 Å². The predicted octanol–water partition coefficient (Wildman–Crippen LogP) is 2.08. The molecule has 14 heavy (non-hydrogen) atoms. The van der Waals surface area contributed by atoms with E-state index in [1.807, 2.05) is 12.1 Å². The molecule has 0 amide bonds. The third-order valence-corrected chi connectivity index (χ3v) is 3.46. The van der Waals surface area contributed by atoms with Gasteiger partial charge < -0.3 is 5.32 Å². The molecule has 1 aromatic rings. The molecule has 0 spiro atoms. The van der Waals surface area contributed by atoms with Gasteiger partial charge in [0, 0.05) is 12.2 Å². The summed E-state index contributed by atoms with van der Waals surface area (Å²) in [5.74, 6) is 2.86. The van der Waals surface area contributed by atoms with E-state index in [4.69, 9.17) is 0 Å². The van der Waals surface area contributed by atoms with E-state index >= 15 is 0 Å². The van der Waals surface area contributed by atoms with Crippen LogP contribution in [0.3, 0.4) is 0 Å². The zero-order valence-corrected chi connectivity index (χ0v) is 8.19. The van der Waals surface area contributed by atoms with Crippen LogP contribution < -0.4 is 5.32 Å². The lowest BCUT2D eigenvalue weighted by Gasteiger charge is -2.37. The van der Waals surface area contributed by atoms with Crippen molar-refractivity contribution >= 4 is 5.82 Å². The van der Waals surface area contributed by atoms with Crippen molar-refractivity contribution in [2.75, 3.05) is 5.32 Å². The van der Waals surface area contributed by atoms with Crippen LogP contribution in [-0.2, 0) is 0 Å². The first-order valence-corrected chi connectivity index (χ1v) is 5.48. The van der Waals surface area contributed by atoms with Gasteiger partial charge in [0.05, 0.1) is 0 Å². The van der Waals surface area contributed by atoms with E-state index in [9.17, 15) is 0 Å². The minimum absolute atomic E-state index is 0.666. The number of rotatable bonds is 3. The summed E-state index contributed by atoms with van der Waals surface area (Å²) in [5, 5.41) is 11.4. The third-order valence-electron chi connectivity index (χ3n) is 3.46. The molecule has 0 saturated heterocycles. The van der Waals surface area contributed by atoms with Gasteiger partial charge in [-0.25, -0.2) is 0 Å². The van der Waals surface area contributed by atoms with Gasteiger partial charge in [0.2, 0.25) is 0 Å². The molecule has 2 saturated carbocycles. The Morgan fingerprint density at radius 1 is 1.21 bits per heavy atom. The molecule has 2 fully saturated rings. The SMILES string of the molecule is c1cnnc(NC2CCC2C2CC2)c1. The first kappa shape index (κ1) is 8.21. The van der Waals surface area contributed by atoms with E-state index in [1.165, 1.54) is 25.7 Å². The molecule has 3 nitrogen and oxygen atoms in total. The first-order valence-electron chi connectivity index (χ1n) is 5.48. The van der Waals surface area contributed by atoms with Gasteiger partial charge in [-0.1, -0.05) is 0 Å². The van der Waals surface area contributed by atoms with E-state index in [-0.39, 0.29) is 0 Å². The summed E-state index contributed by atoms with van der Waals surface area (Å²) in [6, 6.07) is 4.59. The van der Waals surface area contributed by atoms with Crippen LogP contribution in [0.25, 0.3) is 0 Å². The normalized spacial score (nSPS) is 30.9. The van der Waals surface area contributed by atoms with Gasteiger partial charge in [-0.05, 0) is 49.7 Å². The predicted molar refractivity (Wildman–Crippen MR) is 54.9 cm³/mol. The highest BCUT2D eigenvalue weighted by Gasteiger charge is 2.42. The maximum Gasteiger partial charge on any atom is 0.148 e. The average Bonchev–Trinajstić information content (AvgIpc) is 2.99. The summed E-state index contributed by atoms with van der Waals surface area (Å²) in [5.41, 5.74) is 0. The summed E-state index contributed by atoms with van der Waals surface area (Å²) < 4.78 is 0. The van der Waals surface area contributed by atoms with Gasteiger partial charge in [0.1, 0.15) is 5.82 Å². The minimum atomic E-state index is 0.666. The van der Waals surface area contributed by atoms with Crippen molar-refractivity contribution in [2.45, 2.75) is 31.7 Å². The van der Waals surface area contributed by atoms with E-state index in [0.717, 1.165) is 17.7 Å². The van der Waals surface area contributed by atoms with Gasteiger partial charge in [0.25, 0.3) is 0 Å². The molecule has 74 valence electrons. The fourth-order valence-electron chi connectivity index (χ4n) is 2.36. The summed E-state index contributed by atoms with van der Waals surface area (Å²) in [7, 11) is 0. The Balaban J connectivity index is 1.62. The number of nitrogens with zero attached hydrogens (tertiary/aromatic N) is 2. The Hall–Kier alpha value is -1.12. The molecule has 3 heteroatoms. The van der Waals surface area contributed by atoms with Crippen LogP contribution in [0, 0.1) is 11.8 Å². The molecule has 2 aliphatic rings. The molecule has 2 unspecified atom stereocenters. The number of nitrogens with one attached hydrogen (secondary N) is 1. The van der Waals surface area contributed by atoms with Crippen LogP contribution in [0.15, 0.2) is 18.3 Å². The second-order valence-corrected chi connectivity index (χ2v) is 4.44. The van der Waals surface area contributed by atoms with Crippen molar-refractivity contribution in [3.63, 3.8) is 0 Å². The van der Waals surface area contributed by atoms with Crippen LogP contribution in [0.2, 0.25) is 0 Å². The lowest BCUT2D eigenvalue weighted by Crippen LogP contribution is -2.39. The zero-order valence-electron chi connectivity index (χ0n) is 8.19. The molecule has 0 aromatic carbocycles. The van der Waals surface area contributed by atoms with Crippen molar-refractivity contribution in [1.29, 1.82) is 0 Å². The van der Waals surface area contributed by atoms with Crippen LogP contribution in [0.5, 0.6) is 0 Å². The molecule has 0 aliphatic heterocycles.